The number of methoxy groups -OCH3 is 1. The third-order valence-electron chi connectivity index (χ3n) is 3.04. The Labute approximate surface area is 100 Å². The summed E-state index contributed by atoms with van der Waals surface area (Å²) in [5.41, 5.74) is 0. The van der Waals surface area contributed by atoms with Crippen molar-refractivity contribution < 1.29 is 14.3 Å². The number of esters is 1. The smallest absolute Gasteiger partial charge is 0.308 e. The summed E-state index contributed by atoms with van der Waals surface area (Å²) < 4.78 is 10.4. The molecule has 1 heterocycles. The maximum atomic E-state index is 11.3. The van der Waals surface area contributed by atoms with Crippen molar-refractivity contribution in [2.45, 2.75) is 31.8 Å². The summed E-state index contributed by atoms with van der Waals surface area (Å²) in [7, 11) is 1.44. The summed E-state index contributed by atoms with van der Waals surface area (Å²) >= 11 is 0. The van der Waals surface area contributed by atoms with Crippen LogP contribution in [0.4, 0.5) is 0 Å². The minimum atomic E-state index is -0.108. The van der Waals surface area contributed by atoms with Gasteiger partial charge in [0.2, 0.25) is 5.88 Å². The molecule has 0 atom stereocenters. The molecule has 5 nitrogen and oxygen atoms in total. The summed E-state index contributed by atoms with van der Waals surface area (Å²) in [6.07, 6.45) is 8.30. The SMILES string of the molecule is COC(=O)[C@H]1CC[C@@H](Oc2cnccn2)CC1. The van der Waals surface area contributed by atoms with Gasteiger partial charge in [-0.1, -0.05) is 0 Å². The molecule has 1 aromatic rings. The molecule has 0 spiro atoms. The third-order valence-corrected chi connectivity index (χ3v) is 3.04. The predicted molar refractivity (Wildman–Crippen MR) is 60.4 cm³/mol. The van der Waals surface area contributed by atoms with Gasteiger partial charge in [-0.05, 0) is 25.7 Å². The minimum Gasteiger partial charge on any atom is -0.473 e. The van der Waals surface area contributed by atoms with Crippen LogP contribution < -0.4 is 4.74 Å². The van der Waals surface area contributed by atoms with Gasteiger partial charge in [0.25, 0.3) is 0 Å². The van der Waals surface area contributed by atoms with E-state index in [0.717, 1.165) is 25.7 Å². The number of rotatable bonds is 3. The van der Waals surface area contributed by atoms with Crippen molar-refractivity contribution in [1.82, 2.24) is 9.97 Å². The van der Waals surface area contributed by atoms with E-state index >= 15 is 0 Å². The van der Waals surface area contributed by atoms with Gasteiger partial charge in [-0.25, -0.2) is 4.98 Å². The average Bonchev–Trinajstić information content (AvgIpc) is 2.40. The number of hydrogen-bond donors (Lipinski definition) is 0. The molecule has 1 aliphatic carbocycles. The van der Waals surface area contributed by atoms with E-state index in [9.17, 15) is 4.79 Å². The van der Waals surface area contributed by atoms with E-state index in [1.165, 1.54) is 7.11 Å². The van der Waals surface area contributed by atoms with Gasteiger partial charge in [0, 0.05) is 12.4 Å². The van der Waals surface area contributed by atoms with Crippen LogP contribution in [0.5, 0.6) is 5.88 Å². The summed E-state index contributed by atoms with van der Waals surface area (Å²) in [4.78, 5) is 19.4. The van der Waals surface area contributed by atoms with Crippen molar-refractivity contribution in [1.29, 1.82) is 0 Å². The standard InChI is InChI=1S/C12H16N2O3/c1-16-12(15)9-2-4-10(5-3-9)17-11-8-13-6-7-14-11/h6-10H,2-5H2,1H3/t9-,10+. The molecule has 92 valence electrons. The van der Waals surface area contributed by atoms with Gasteiger partial charge in [-0.3, -0.25) is 9.78 Å². The Morgan fingerprint density at radius 2 is 2.06 bits per heavy atom. The van der Waals surface area contributed by atoms with Crippen LogP contribution in [0.1, 0.15) is 25.7 Å². The van der Waals surface area contributed by atoms with E-state index in [1.807, 2.05) is 0 Å². The highest BCUT2D eigenvalue weighted by atomic mass is 16.5. The zero-order valence-electron chi connectivity index (χ0n) is 9.83. The van der Waals surface area contributed by atoms with Gasteiger partial charge in [0.1, 0.15) is 6.10 Å². The molecule has 1 aromatic heterocycles. The normalized spacial score (nSPS) is 24.1. The molecule has 1 aliphatic rings. The highest BCUT2D eigenvalue weighted by Crippen LogP contribution is 2.27. The number of aromatic nitrogens is 2. The Bertz CT molecular complexity index is 361. The topological polar surface area (TPSA) is 61.3 Å². The first-order valence-corrected chi connectivity index (χ1v) is 5.80. The third kappa shape index (κ3) is 3.15. The van der Waals surface area contributed by atoms with E-state index in [4.69, 9.17) is 9.47 Å². The second-order valence-electron chi connectivity index (χ2n) is 4.16. The zero-order valence-corrected chi connectivity index (χ0v) is 9.83. The maximum absolute atomic E-state index is 11.3. The number of ether oxygens (including phenoxy) is 2. The molecule has 17 heavy (non-hydrogen) atoms. The molecule has 2 rings (SSSR count). The van der Waals surface area contributed by atoms with Crippen LogP contribution in [0.2, 0.25) is 0 Å². The molecule has 0 unspecified atom stereocenters. The van der Waals surface area contributed by atoms with Crippen molar-refractivity contribution in [2.75, 3.05) is 7.11 Å². The largest absolute Gasteiger partial charge is 0.473 e. The molecule has 0 aromatic carbocycles. The van der Waals surface area contributed by atoms with Gasteiger partial charge in [0.05, 0.1) is 19.2 Å². The van der Waals surface area contributed by atoms with Crippen LogP contribution in [0.25, 0.3) is 0 Å². The van der Waals surface area contributed by atoms with Crippen LogP contribution >= 0.6 is 0 Å². The van der Waals surface area contributed by atoms with E-state index < -0.39 is 0 Å². The molecule has 1 fully saturated rings. The number of nitrogens with zero attached hydrogens (tertiary/aromatic N) is 2. The molecule has 0 bridgehead atoms. The van der Waals surface area contributed by atoms with Crippen LogP contribution in [-0.2, 0) is 9.53 Å². The molecule has 5 heteroatoms. The molecular weight excluding hydrogens is 220 g/mol. The van der Waals surface area contributed by atoms with Gasteiger partial charge >= 0.3 is 5.97 Å². The monoisotopic (exact) mass is 236 g/mol. The summed E-state index contributed by atoms with van der Waals surface area (Å²) in [5, 5.41) is 0. The van der Waals surface area contributed by atoms with Crippen molar-refractivity contribution in [3.63, 3.8) is 0 Å². The fraction of sp³-hybridized carbons (Fsp3) is 0.583. The van der Waals surface area contributed by atoms with Crippen LogP contribution in [-0.4, -0.2) is 29.2 Å². The van der Waals surface area contributed by atoms with E-state index in [0.29, 0.717) is 5.88 Å². The van der Waals surface area contributed by atoms with E-state index in [-0.39, 0.29) is 18.0 Å². The Hall–Kier alpha value is -1.65. The summed E-state index contributed by atoms with van der Waals surface area (Å²) in [5.74, 6) is 0.471. The second kappa shape index (κ2) is 5.61. The quantitative estimate of drug-likeness (QED) is 0.746. The maximum Gasteiger partial charge on any atom is 0.308 e. The van der Waals surface area contributed by atoms with Crippen LogP contribution in [0, 0.1) is 5.92 Å². The van der Waals surface area contributed by atoms with Gasteiger partial charge < -0.3 is 9.47 Å². The van der Waals surface area contributed by atoms with Crippen LogP contribution in [0.15, 0.2) is 18.6 Å². The molecule has 1 saturated carbocycles. The van der Waals surface area contributed by atoms with Crippen molar-refractivity contribution in [3.05, 3.63) is 18.6 Å². The molecule has 0 N–H and O–H groups in total. The number of carbonyl (C=O) groups excluding carboxylic acids is 1. The van der Waals surface area contributed by atoms with E-state index in [1.54, 1.807) is 18.6 Å². The fourth-order valence-corrected chi connectivity index (χ4v) is 2.10. The van der Waals surface area contributed by atoms with E-state index in [2.05, 4.69) is 9.97 Å². The minimum absolute atomic E-state index is 0.0294. The molecule has 0 saturated heterocycles. The van der Waals surface area contributed by atoms with Gasteiger partial charge in [0.15, 0.2) is 0 Å². The first-order chi connectivity index (χ1) is 8.29. The first kappa shape index (κ1) is 11.8. The molecule has 0 amide bonds. The van der Waals surface area contributed by atoms with Crippen LogP contribution in [0.3, 0.4) is 0 Å². The van der Waals surface area contributed by atoms with Crippen molar-refractivity contribution >= 4 is 5.97 Å². The highest BCUT2D eigenvalue weighted by molar-refractivity contribution is 5.72. The Morgan fingerprint density at radius 3 is 2.65 bits per heavy atom. The number of hydrogen-bond acceptors (Lipinski definition) is 5. The molecule has 0 aliphatic heterocycles. The lowest BCUT2D eigenvalue weighted by Crippen LogP contribution is -2.28. The van der Waals surface area contributed by atoms with Crippen molar-refractivity contribution in [3.8, 4) is 5.88 Å². The second-order valence-corrected chi connectivity index (χ2v) is 4.16. The highest BCUT2D eigenvalue weighted by Gasteiger charge is 2.27. The van der Waals surface area contributed by atoms with Crippen molar-refractivity contribution in [2.24, 2.45) is 5.92 Å². The average molecular weight is 236 g/mol. The predicted octanol–water partition coefficient (Wildman–Crippen LogP) is 1.59. The zero-order chi connectivity index (χ0) is 12.1. The first-order valence-electron chi connectivity index (χ1n) is 5.80. The lowest BCUT2D eigenvalue weighted by atomic mass is 9.87. The lowest BCUT2D eigenvalue weighted by molar-refractivity contribution is -0.147. The summed E-state index contributed by atoms with van der Waals surface area (Å²) in [6.45, 7) is 0. The Morgan fingerprint density at radius 1 is 1.29 bits per heavy atom. The number of carbonyl (C=O) groups is 1. The van der Waals surface area contributed by atoms with Gasteiger partial charge in [-0.15, -0.1) is 0 Å². The lowest BCUT2D eigenvalue weighted by Gasteiger charge is -2.26. The molecule has 0 radical (unpaired) electrons. The summed E-state index contributed by atoms with van der Waals surface area (Å²) in [6, 6.07) is 0. The van der Waals surface area contributed by atoms with Gasteiger partial charge in [-0.2, -0.15) is 0 Å². The Balaban J connectivity index is 1.82. The fourth-order valence-electron chi connectivity index (χ4n) is 2.10. The molecular formula is C12H16N2O3. The Kier molecular flexibility index (Phi) is 3.90.